The Hall–Kier alpha value is -2.67. The lowest BCUT2D eigenvalue weighted by Gasteiger charge is -2.18. The molecule has 0 bridgehead atoms. The first-order valence-corrected chi connectivity index (χ1v) is 9.75. The van der Waals surface area contributed by atoms with Crippen LogP contribution in [0.25, 0.3) is 0 Å². The molecule has 1 aromatic rings. The Balaban J connectivity index is 2.89. The number of pyridine rings is 1. The molecule has 9 nitrogen and oxygen atoms in total. The molecule has 0 spiro atoms. The number of carbonyl (C=O) groups is 2. The molecule has 0 aliphatic rings. The van der Waals surface area contributed by atoms with Crippen LogP contribution in [0, 0.1) is 31.1 Å². The average molecular weight is 397 g/mol. The van der Waals surface area contributed by atoms with Crippen molar-refractivity contribution in [3.05, 3.63) is 32.7 Å². The first-order chi connectivity index (χ1) is 12.5. The van der Waals surface area contributed by atoms with Crippen LogP contribution >= 0.6 is 0 Å². The van der Waals surface area contributed by atoms with Crippen LogP contribution in [0.1, 0.15) is 42.7 Å². The highest BCUT2D eigenvalue weighted by atomic mass is 32.2. The lowest BCUT2D eigenvalue weighted by molar-refractivity contribution is -0.144. The SMILES string of the molecule is COC(=O)[C@H](C)[C@H](C)S(=O)(=O)NC(=O)CCc1c(C)[nH]c(=O)c(C#N)c1C. The van der Waals surface area contributed by atoms with E-state index in [9.17, 15) is 22.8 Å². The van der Waals surface area contributed by atoms with Crippen molar-refractivity contribution in [3.63, 3.8) is 0 Å². The van der Waals surface area contributed by atoms with E-state index in [2.05, 4.69) is 9.72 Å². The fraction of sp³-hybridized carbons (Fsp3) is 0.529. The minimum atomic E-state index is -4.07. The third-order valence-electron chi connectivity index (χ3n) is 4.54. The molecule has 0 unspecified atom stereocenters. The summed E-state index contributed by atoms with van der Waals surface area (Å²) in [6.07, 6.45) is -0.0252. The maximum atomic E-state index is 12.3. The molecule has 0 radical (unpaired) electrons. The van der Waals surface area contributed by atoms with Crippen molar-refractivity contribution < 1.29 is 22.7 Å². The maximum absolute atomic E-state index is 12.3. The molecule has 148 valence electrons. The number of nitriles is 1. The second-order valence-corrected chi connectivity index (χ2v) is 8.29. The van der Waals surface area contributed by atoms with Gasteiger partial charge < -0.3 is 9.72 Å². The summed E-state index contributed by atoms with van der Waals surface area (Å²) >= 11 is 0. The molecule has 0 aliphatic carbocycles. The van der Waals surface area contributed by atoms with Crippen LogP contribution in [0.15, 0.2) is 4.79 Å². The molecule has 0 saturated heterocycles. The molecule has 27 heavy (non-hydrogen) atoms. The number of hydrogen-bond donors (Lipinski definition) is 2. The fourth-order valence-electron chi connectivity index (χ4n) is 2.61. The Kier molecular flexibility index (Phi) is 7.30. The van der Waals surface area contributed by atoms with Gasteiger partial charge in [0, 0.05) is 12.1 Å². The quantitative estimate of drug-likeness (QED) is 0.635. The molecular formula is C17H23N3O6S. The number of esters is 1. The van der Waals surface area contributed by atoms with Crippen molar-refractivity contribution in [1.82, 2.24) is 9.71 Å². The summed E-state index contributed by atoms with van der Waals surface area (Å²) in [4.78, 5) is 37.9. The van der Waals surface area contributed by atoms with Gasteiger partial charge in [-0.15, -0.1) is 0 Å². The molecule has 1 rings (SSSR count). The number of methoxy groups -OCH3 is 1. The molecule has 0 aromatic carbocycles. The summed E-state index contributed by atoms with van der Waals surface area (Å²) in [6.45, 7) is 5.95. The number of nitrogens with one attached hydrogen (secondary N) is 2. The Labute approximate surface area is 157 Å². The molecule has 0 saturated carbocycles. The lowest BCUT2D eigenvalue weighted by atomic mass is 9.99. The molecule has 1 heterocycles. The number of nitrogens with zero attached hydrogens (tertiary/aromatic N) is 1. The van der Waals surface area contributed by atoms with Crippen LogP contribution in [0.2, 0.25) is 0 Å². The zero-order chi connectivity index (χ0) is 20.9. The first kappa shape index (κ1) is 22.4. The number of aromatic amines is 1. The Morgan fingerprint density at radius 3 is 2.41 bits per heavy atom. The van der Waals surface area contributed by atoms with E-state index in [1.54, 1.807) is 13.8 Å². The largest absolute Gasteiger partial charge is 0.469 e. The van der Waals surface area contributed by atoms with Crippen LogP contribution < -0.4 is 10.3 Å². The van der Waals surface area contributed by atoms with Gasteiger partial charge in [-0.3, -0.25) is 19.1 Å². The molecule has 0 aliphatic heterocycles. The van der Waals surface area contributed by atoms with Gasteiger partial charge >= 0.3 is 5.97 Å². The molecule has 2 atom stereocenters. The molecule has 10 heteroatoms. The van der Waals surface area contributed by atoms with Crippen LogP contribution in [-0.2, 0) is 30.8 Å². The normalized spacial score (nSPS) is 13.3. The summed E-state index contributed by atoms with van der Waals surface area (Å²) in [6, 6.07) is 1.82. The molecule has 1 amide bonds. The predicted octanol–water partition coefficient (Wildman–Crippen LogP) is 0.440. The highest BCUT2D eigenvalue weighted by molar-refractivity contribution is 7.90. The minimum Gasteiger partial charge on any atom is -0.469 e. The van der Waals surface area contributed by atoms with Gasteiger partial charge in [-0.2, -0.15) is 5.26 Å². The van der Waals surface area contributed by atoms with Gasteiger partial charge in [-0.25, -0.2) is 8.42 Å². The van der Waals surface area contributed by atoms with Crippen LogP contribution in [-0.4, -0.2) is 37.6 Å². The Bertz CT molecular complexity index is 943. The first-order valence-electron chi connectivity index (χ1n) is 8.21. The second kappa shape index (κ2) is 8.81. The monoisotopic (exact) mass is 397 g/mol. The van der Waals surface area contributed by atoms with Gasteiger partial charge in [0.2, 0.25) is 15.9 Å². The fourth-order valence-corrected chi connectivity index (χ4v) is 3.86. The number of amides is 1. The topological polar surface area (TPSA) is 146 Å². The van der Waals surface area contributed by atoms with Crippen molar-refractivity contribution in [1.29, 1.82) is 5.26 Å². The van der Waals surface area contributed by atoms with E-state index in [1.807, 2.05) is 10.8 Å². The van der Waals surface area contributed by atoms with Crippen molar-refractivity contribution >= 4 is 21.9 Å². The zero-order valence-electron chi connectivity index (χ0n) is 15.9. The van der Waals surface area contributed by atoms with Crippen molar-refractivity contribution in [3.8, 4) is 6.07 Å². The number of carbonyl (C=O) groups excluding carboxylic acids is 2. The van der Waals surface area contributed by atoms with Crippen molar-refractivity contribution in [2.45, 2.75) is 45.8 Å². The van der Waals surface area contributed by atoms with Gasteiger partial charge in [-0.1, -0.05) is 6.92 Å². The average Bonchev–Trinajstić information content (AvgIpc) is 2.59. The molecular weight excluding hydrogens is 374 g/mol. The smallest absolute Gasteiger partial charge is 0.309 e. The summed E-state index contributed by atoms with van der Waals surface area (Å²) < 4.78 is 31.0. The Morgan fingerprint density at radius 2 is 1.89 bits per heavy atom. The van der Waals surface area contributed by atoms with Gasteiger partial charge in [0.25, 0.3) is 5.56 Å². The molecule has 2 N–H and O–H groups in total. The highest BCUT2D eigenvalue weighted by Crippen LogP contribution is 2.16. The van der Waals surface area contributed by atoms with E-state index in [0.717, 1.165) is 7.11 Å². The number of aromatic nitrogens is 1. The van der Waals surface area contributed by atoms with Crippen LogP contribution in [0.5, 0.6) is 0 Å². The van der Waals surface area contributed by atoms with Crippen LogP contribution in [0.3, 0.4) is 0 Å². The van der Waals surface area contributed by atoms with E-state index in [4.69, 9.17) is 5.26 Å². The van der Waals surface area contributed by atoms with E-state index in [0.29, 0.717) is 16.8 Å². The molecule has 1 aromatic heterocycles. The van der Waals surface area contributed by atoms with Gasteiger partial charge in [0.1, 0.15) is 11.6 Å². The number of sulfonamides is 1. The van der Waals surface area contributed by atoms with E-state index < -0.39 is 38.6 Å². The standard InChI is InChI=1S/C17H23N3O6S/c1-9(17(23)26-5)12(4)27(24,25)20-15(21)7-6-13-10(2)14(8-18)16(22)19-11(13)3/h9,12H,6-7H2,1-5H3,(H,19,22)(H,20,21)/t9-,12+/m1/s1. The van der Waals surface area contributed by atoms with E-state index in [-0.39, 0.29) is 18.4 Å². The summed E-state index contributed by atoms with van der Waals surface area (Å²) in [5.74, 6) is -2.38. The Morgan fingerprint density at radius 1 is 1.30 bits per heavy atom. The van der Waals surface area contributed by atoms with E-state index in [1.165, 1.54) is 13.8 Å². The molecule has 0 fully saturated rings. The van der Waals surface area contributed by atoms with Gasteiger partial charge in [-0.05, 0) is 38.3 Å². The summed E-state index contributed by atoms with van der Waals surface area (Å²) in [5, 5.41) is 7.90. The van der Waals surface area contributed by atoms with Gasteiger partial charge in [0.15, 0.2) is 0 Å². The van der Waals surface area contributed by atoms with Gasteiger partial charge in [0.05, 0.1) is 18.3 Å². The zero-order valence-corrected chi connectivity index (χ0v) is 16.7. The lowest BCUT2D eigenvalue weighted by Crippen LogP contribution is -2.42. The summed E-state index contributed by atoms with van der Waals surface area (Å²) in [5.41, 5.74) is 1.04. The third-order valence-corrected chi connectivity index (χ3v) is 6.44. The van der Waals surface area contributed by atoms with E-state index >= 15 is 0 Å². The van der Waals surface area contributed by atoms with Crippen molar-refractivity contribution in [2.24, 2.45) is 5.92 Å². The highest BCUT2D eigenvalue weighted by Gasteiger charge is 2.33. The van der Waals surface area contributed by atoms with Crippen molar-refractivity contribution in [2.75, 3.05) is 7.11 Å². The number of aryl methyl sites for hydroxylation is 1. The third kappa shape index (κ3) is 5.17. The number of H-pyrrole nitrogens is 1. The second-order valence-electron chi connectivity index (χ2n) is 6.26. The number of hydrogen-bond acceptors (Lipinski definition) is 7. The number of rotatable bonds is 7. The van der Waals surface area contributed by atoms with Crippen LogP contribution in [0.4, 0.5) is 0 Å². The predicted molar refractivity (Wildman–Crippen MR) is 97.3 cm³/mol. The maximum Gasteiger partial charge on any atom is 0.309 e. The number of ether oxygens (including phenoxy) is 1. The minimum absolute atomic E-state index is 0.0378. The summed E-state index contributed by atoms with van der Waals surface area (Å²) in [7, 11) is -2.91.